The normalized spacial score (nSPS) is 14.1. The zero-order valence-electron chi connectivity index (χ0n) is 43.6. The summed E-state index contributed by atoms with van der Waals surface area (Å²) in [5.41, 5.74) is 24.7. The Bertz CT molecular complexity index is 5010. The molecule has 1 unspecified atom stereocenters. The van der Waals surface area contributed by atoms with E-state index >= 15 is 0 Å². The monoisotopic (exact) mass is 1020 g/mol. The van der Waals surface area contributed by atoms with Gasteiger partial charge in [-0.05, 0) is 133 Å². The lowest BCUT2D eigenvalue weighted by molar-refractivity contribution is 0.748. The van der Waals surface area contributed by atoms with E-state index in [0.717, 1.165) is 33.9 Å². The molecule has 17 rings (SSSR count). The number of benzene rings is 13. The second-order valence-corrected chi connectivity index (χ2v) is 21.5. The molecule has 13 aromatic carbocycles. The van der Waals surface area contributed by atoms with Crippen molar-refractivity contribution >= 4 is 71.4 Å². The molecule has 3 nitrogen and oxygen atoms in total. The van der Waals surface area contributed by atoms with Crippen LogP contribution in [0.25, 0.3) is 110 Å². The summed E-state index contributed by atoms with van der Waals surface area (Å²) in [6, 6.07) is 111. The van der Waals surface area contributed by atoms with Crippen molar-refractivity contribution in [3.63, 3.8) is 0 Å². The quantitative estimate of drug-likeness (QED) is 0.155. The molecule has 1 atom stereocenters. The van der Waals surface area contributed by atoms with Crippen molar-refractivity contribution < 1.29 is 0 Å². The highest BCUT2D eigenvalue weighted by Gasteiger charge is 2.51. The molecule has 3 heteroatoms. The zero-order valence-corrected chi connectivity index (χ0v) is 43.6. The largest absolute Gasteiger partial charge is 0.309 e. The first-order valence-electron chi connectivity index (χ1n) is 27.8. The zero-order chi connectivity index (χ0) is 52.5. The van der Waals surface area contributed by atoms with Gasteiger partial charge in [-0.2, -0.15) is 0 Å². The fourth-order valence-electron chi connectivity index (χ4n) is 14.3. The summed E-state index contributed by atoms with van der Waals surface area (Å²) < 4.78 is 4.92. The molecule has 80 heavy (non-hydrogen) atoms. The van der Waals surface area contributed by atoms with E-state index in [9.17, 15) is 0 Å². The van der Waals surface area contributed by atoms with Crippen molar-refractivity contribution in [1.82, 2.24) is 9.13 Å². The lowest BCUT2D eigenvalue weighted by atomic mass is 9.65. The average molecular weight is 1020 g/mol. The molecule has 1 aliphatic carbocycles. The third-order valence-corrected chi connectivity index (χ3v) is 17.5. The van der Waals surface area contributed by atoms with E-state index < -0.39 is 5.41 Å². The molecule has 0 fully saturated rings. The Morgan fingerprint density at radius 2 is 0.812 bits per heavy atom. The van der Waals surface area contributed by atoms with E-state index in [2.05, 4.69) is 311 Å². The van der Waals surface area contributed by atoms with Gasteiger partial charge >= 0.3 is 0 Å². The van der Waals surface area contributed by atoms with Crippen LogP contribution in [0.5, 0.6) is 0 Å². The van der Waals surface area contributed by atoms with Gasteiger partial charge in [-0.15, -0.1) is 0 Å². The standard InChI is InChI=1S/C77H49N3/c1-2-23-53(24-3-1)78-70-39-15-11-30-61(70)64-49-52(45-48-72(64)78)50-43-46-54(47-44-50)79(69-38-14-9-28-59(69)58-27-7-6-26-57(58)56-32-18-22-51-21-4-5-25-55(51)56)74-42-20-36-67-75(74)63-31-8-12-34-65(63)77(67)66-35-13-17-41-73(66)80-71-40-16-10-29-60(71)62-33-19-37-68(77)76(62)80/h1-49H. The van der Waals surface area contributed by atoms with Gasteiger partial charge in [0.25, 0.3) is 0 Å². The molecule has 2 aliphatic rings. The van der Waals surface area contributed by atoms with Gasteiger partial charge in [0.15, 0.2) is 0 Å². The van der Waals surface area contributed by atoms with Gasteiger partial charge < -0.3 is 14.0 Å². The number of anilines is 3. The molecular weight excluding hydrogens is 967 g/mol. The fourth-order valence-corrected chi connectivity index (χ4v) is 14.3. The van der Waals surface area contributed by atoms with Gasteiger partial charge in [-0.1, -0.05) is 231 Å². The van der Waals surface area contributed by atoms with E-state index in [1.165, 1.54) is 116 Å². The lowest BCUT2D eigenvalue weighted by Crippen LogP contribution is -2.33. The van der Waals surface area contributed by atoms with Crippen LogP contribution in [-0.4, -0.2) is 9.13 Å². The van der Waals surface area contributed by atoms with E-state index in [4.69, 9.17) is 0 Å². The van der Waals surface area contributed by atoms with Crippen LogP contribution in [0.15, 0.2) is 297 Å². The van der Waals surface area contributed by atoms with E-state index in [0.29, 0.717) is 0 Å². The predicted octanol–water partition coefficient (Wildman–Crippen LogP) is 20.2. The van der Waals surface area contributed by atoms with E-state index in [1.807, 2.05) is 0 Å². The minimum Gasteiger partial charge on any atom is -0.309 e. The topological polar surface area (TPSA) is 13.1 Å². The number of fused-ring (bicyclic) bond motifs is 16. The molecule has 2 aromatic heterocycles. The smallest absolute Gasteiger partial charge is 0.0755 e. The van der Waals surface area contributed by atoms with Crippen LogP contribution >= 0.6 is 0 Å². The average Bonchev–Trinajstić information content (AvgIpc) is 3.62. The van der Waals surface area contributed by atoms with Gasteiger partial charge in [-0.25, -0.2) is 0 Å². The third kappa shape index (κ3) is 6.20. The van der Waals surface area contributed by atoms with Gasteiger partial charge in [0, 0.05) is 44.0 Å². The number of hydrogen-bond donors (Lipinski definition) is 0. The predicted molar refractivity (Wildman–Crippen MR) is 334 cm³/mol. The summed E-state index contributed by atoms with van der Waals surface area (Å²) in [5.74, 6) is 0. The Kier molecular flexibility index (Phi) is 9.63. The molecule has 0 radical (unpaired) electrons. The summed E-state index contributed by atoms with van der Waals surface area (Å²) >= 11 is 0. The van der Waals surface area contributed by atoms with Crippen molar-refractivity contribution in [2.75, 3.05) is 4.90 Å². The van der Waals surface area contributed by atoms with Crippen LogP contribution in [0.1, 0.15) is 22.3 Å². The van der Waals surface area contributed by atoms with Gasteiger partial charge in [0.1, 0.15) is 0 Å². The van der Waals surface area contributed by atoms with Crippen LogP contribution in [0, 0.1) is 0 Å². The molecule has 1 spiro atoms. The Morgan fingerprint density at radius 3 is 1.64 bits per heavy atom. The molecule has 3 heterocycles. The number of nitrogens with zero attached hydrogens (tertiary/aromatic N) is 3. The maximum absolute atomic E-state index is 2.55. The van der Waals surface area contributed by atoms with E-state index in [1.54, 1.807) is 0 Å². The second kappa shape index (κ2) is 17.3. The van der Waals surface area contributed by atoms with Gasteiger partial charge in [-0.3, -0.25) is 0 Å². The number of para-hydroxylation sites is 6. The number of rotatable bonds is 7. The fraction of sp³-hybridized carbons (Fsp3) is 0.0130. The number of hydrogen-bond acceptors (Lipinski definition) is 1. The third-order valence-electron chi connectivity index (χ3n) is 17.5. The van der Waals surface area contributed by atoms with Crippen LogP contribution in [0.3, 0.4) is 0 Å². The van der Waals surface area contributed by atoms with Gasteiger partial charge in [0.05, 0.1) is 44.5 Å². The SMILES string of the molecule is c1ccc(-n2c3ccccc3c3cc(-c4ccc(N(c5ccccc5-c5ccccc5-c5cccc6ccccc56)c5cccc6c5-c5ccccc5C65c6ccccc6-n6c7ccccc7c7cccc5c76)cc4)ccc32)cc1. The molecule has 0 amide bonds. The van der Waals surface area contributed by atoms with Crippen molar-refractivity contribution in [2.45, 2.75) is 5.41 Å². The molecular formula is C77H49N3. The molecule has 0 bridgehead atoms. The minimum absolute atomic E-state index is 0.610. The summed E-state index contributed by atoms with van der Waals surface area (Å²) in [6.07, 6.45) is 0. The van der Waals surface area contributed by atoms with Crippen LogP contribution in [0.4, 0.5) is 17.1 Å². The van der Waals surface area contributed by atoms with Crippen molar-refractivity contribution in [3.8, 4) is 55.9 Å². The Balaban J connectivity index is 0.910. The highest BCUT2D eigenvalue weighted by Crippen LogP contribution is 2.63. The summed E-state index contributed by atoms with van der Waals surface area (Å²) in [6.45, 7) is 0. The van der Waals surface area contributed by atoms with Crippen LogP contribution in [0.2, 0.25) is 0 Å². The lowest BCUT2D eigenvalue weighted by Gasteiger charge is -2.39. The first-order chi connectivity index (χ1) is 39.7. The van der Waals surface area contributed by atoms with Crippen LogP contribution in [-0.2, 0) is 5.41 Å². The summed E-state index contributed by atoms with van der Waals surface area (Å²) in [5, 5.41) is 7.48. The van der Waals surface area contributed by atoms with Gasteiger partial charge in [0.2, 0.25) is 0 Å². The highest BCUT2D eigenvalue weighted by molar-refractivity contribution is 6.14. The number of aromatic nitrogens is 2. The van der Waals surface area contributed by atoms with Crippen LogP contribution < -0.4 is 4.90 Å². The molecule has 0 saturated carbocycles. The Hall–Kier alpha value is -10.5. The highest BCUT2D eigenvalue weighted by atomic mass is 15.1. The minimum atomic E-state index is -0.610. The van der Waals surface area contributed by atoms with E-state index in [-0.39, 0.29) is 0 Å². The first-order valence-corrected chi connectivity index (χ1v) is 27.8. The molecule has 0 N–H and O–H groups in total. The Labute approximate surface area is 463 Å². The first kappa shape index (κ1) is 44.6. The maximum atomic E-state index is 2.55. The molecule has 0 saturated heterocycles. The van der Waals surface area contributed by atoms with Crippen molar-refractivity contribution in [2.24, 2.45) is 0 Å². The van der Waals surface area contributed by atoms with Crippen molar-refractivity contribution in [3.05, 3.63) is 320 Å². The molecule has 15 aromatic rings. The summed E-state index contributed by atoms with van der Waals surface area (Å²) in [7, 11) is 0. The second-order valence-electron chi connectivity index (χ2n) is 21.5. The Morgan fingerprint density at radius 1 is 0.287 bits per heavy atom. The maximum Gasteiger partial charge on any atom is 0.0755 e. The van der Waals surface area contributed by atoms with Crippen molar-refractivity contribution in [1.29, 1.82) is 0 Å². The molecule has 1 aliphatic heterocycles. The molecule has 372 valence electrons. The summed E-state index contributed by atoms with van der Waals surface area (Å²) in [4.78, 5) is 2.55.